The van der Waals surface area contributed by atoms with E-state index in [2.05, 4.69) is 10.3 Å². The molecule has 27 heavy (non-hydrogen) atoms. The largest absolute Gasteiger partial charge is 0.467 e. The summed E-state index contributed by atoms with van der Waals surface area (Å²) < 4.78 is 4.87. The number of pyridine rings is 1. The smallest absolute Gasteiger partial charge is 0.328 e. The Bertz CT molecular complexity index is 998. The van der Waals surface area contributed by atoms with E-state index in [4.69, 9.17) is 4.74 Å². The maximum absolute atomic E-state index is 12.6. The van der Waals surface area contributed by atoms with Crippen LogP contribution in [0.2, 0.25) is 0 Å². The molecule has 0 fully saturated rings. The zero-order valence-electron chi connectivity index (χ0n) is 15.7. The summed E-state index contributed by atoms with van der Waals surface area (Å²) in [5, 5.41) is 3.71. The molecule has 138 valence electrons. The highest BCUT2D eigenvalue weighted by molar-refractivity contribution is 5.97. The van der Waals surface area contributed by atoms with Gasteiger partial charge in [-0.25, -0.2) is 9.78 Å². The van der Waals surface area contributed by atoms with Gasteiger partial charge in [0.05, 0.1) is 12.6 Å². The highest BCUT2D eigenvalue weighted by atomic mass is 16.5. The predicted octanol–water partition coefficient (Wildman–Crippen LogP) is 3.37. The third-order valence-corrected chi connectivity index (χ3v) is 4.63. The van der Waals surface area contributed by atoms with Crippen molar-refractivity contribution in [3.8, 4) is 0 Å². The number of para-hydroxylation sites is 1. The van der Waals surface area contributed by atoms with Crippen LogP contribution in [-0.4, -0.2) is 30.0 Å². The van der Waals surface area contributed by atoms with E-state index in [0.717, 1.165) is 22.0 Å². The van der Waals surface area contributed by atoms with E-state index in [1.54, 1.807) is 6.07 Å². The number of carbonyl (C=O) groups excluding carboxylic acids is 2. The number of methoxy groups -OCH3 is 1. The highest BCUT2D eigenvalue weighted by Gasteiger charge is 2.23. The van der Waals surface area contributed by atoms with E-state index < -0.39 is 17.9 Å². The van der Waals surface area contributed by atoms with Gasteiger partial charge in [-0.3, -0.25) is 4.79 Å². The summed E-state index contributed by atoms with van der Waals surface area (Å²) >= 11 is 0. The lowest BCUT2D eigenvalue weighted by atomic mass is 10.0. The van der Waals surface area contributed by atoms with Gasteiger partial charge in [0, 0.05) is 11.8 Å². The van der Waals surface area contributed by atoms with E-state index in [1.807, 2.05) is 62.4 Å². The lowest BCUT2D eigenvalue weighted by Crippen LogP contribution is -2.43. The summed E-state index contributed by atoms with van der Waals surface area (Å²) in [6, 6.07) is 16.3. The van der Waals surface area contributed by atoms with Gasteiger partial charge in [-0.1, -0.05) is 42.5 Å². The van der Waals surface area contributed by atoms with Gasteiger partial charge < -0.3 is 10.1 Å². The molecule has 2 aromatic carbocycles. The fraction of sp³-hybridized carbons (Fsp3) is 0.227. The Morgan fingerprint density at radius 3 is 2.56 bits per heavy atom. The Balaban J connectivity index is 1.81. The molecule has 0 saturated carbocycles. The van der Waals surface area contributed by atoms with Crippen molar-refractivity contribution in [2.45, 2.75) is 26.3 Å². The fourth-order valence-electron chi connectivity index (χ4n) is 2.93. The van der Waals surface area contributed by atoms with Gasteiger partial charge >= 0.3 is 5.97 Å². The number of hydrogen-bond acceptors (Lipinski definition) is 4. The van der Waals surface area contributed by atoms with Crippen molar-refractivity contribution in [2.75, 3.05) is 7.11 Å². The first kappa shape index (κ1) is 18.6. The van der Waals surface area contributed by atoms with E-state index in [9.17, 15) is 9.59 Å². The van der Waals surface area contributed by atoms with Gasteiger partial charge in [0.25, 0.3) is 5.91 Å². The van der Waals surface area contributed by atoms with Gasteiger partial charge in [-0.05, 0) is 42.7 Å². The molecule has 0 aliphatic rings. The number of rotatable bonds is 5. The Labute approximate surface area is 158 Å². The van der Waals surface area contributed by atoms with Crippen molar-refractivity contribution >= 4 is 22.8 Å². The lowest BCUT2D eigenvalue weighted by Gasteiger charge is -2.17. The molecule has 1 atom stereocenters. The number of ether oxygens (including phenoxy) is 1. The molecule has 0 radical (unpaired) electrons. The van der Waals surface area contributed by atoms with Crippen LogP contribution in [0.3, 0.4) is 0 Å². The van der Waals surface area contributed by atoms with Crippen LogP contribution in [-0.2, 0) is 16.0 Å². The quantitative estimate of drug-likeness (QED) is 0.707. The minimum atomic E-state index is -0.780. The molecule has 0 spiro atoms. The molecule has 1 aromatic heterocycles. The van der Waals surface area contributed by atoms with Crippen LogP contribution < -0.4 is 5.32 Å². The van der Waals surface area contributed by atoms with Gasteiger partial charge in [-0.2, -0.15) is 0 Å². The molecule has 1 N–H and O–H groups in total. The number of nitrogens with zero attached hydrogens (tertiary/aromatic N) is 1. The number of nitrogens with one attached hydrogen (secondary N) is 1. The second-order valence-corrected chi connectivity index (χ2v) is 6.56. The summed E-state index contributed by atoms with van der Waals surface area (Å²) in [7, 11) is 1.32. The van der Waals surface area contributed by atoms with Crippen LogP contribution in [0, 0.1) is 13.8 Å². The van der Waals surface area contributed by atoms with Gasteiger partial charge in [-0.15, -0.1) is 0 Å². The first-order valence-corrected chi connectivity index (χ1v) is 8.78. The van der Waals surface area contributed by atoms with Crippen LogP contribution >= 0.6 is 0 Å². The number of aryl methyl sites for hydroxylation is 2. The van der Waals surface area contributed by atoms with Crippen molar-refractivity contribution in [2.24, 2.45) is 0 Å². The van der Waals surface area contributed by atoms with Crippen molar-refractivity contribution in [1.82, 2.24) is 10.3 Å². The van der Waals surface area contributed by atoms with Crippen LogP contribution in [0.5, 0.6) is 0 Å². The normalized spacial score (nSPS) is 11.8. The van der Waals surface area contributed by atoms with Crippen LogP contribution in [0.25, 0.3) is 10.9 Å². The van der Waals surface area contributed by atoms with Crippen molar-refractivity contribution < 1.29 is 14.3 Å². The Morgan fingerprint density at radius 1 is 1.04 bits per heavy atom. The third-order valence-electron chi connectivity index (χ3n) is 4.63. The molecule has 0 aliphatic carbocycles. The first-order chi connectivity index (χ1) is 13.0. The molecule has 1 heterocycles. The van der Waals surface area contributed by atoms with Crippen LogP contribution in [0.1, 0.15) is 27.2 Å². The summed E-state index contributed by atoms with van der Waals surface area (Å²) in [6.07, 6.45) is 0.354. The van der Waals surface area contributed by atoms with Crippen molar-refractivity contribution in [3.63, 3.8) is 0 Å². The molecule has 0 bridgehead atoms. The number of benzene rings is 2. The highest BCUT2D eigenvalue weighted by Crippen LogP contribution is 2.14. The molecule has 0 saturated heterocycles. The molecule has 0 unspecified atom stereocenters. The molecular weight excluding hydrogens is 340 g/mol. The maximum Gasteiger partial charge on any atom is 0.328 e. The van der Waals surface area contributed by atoms with Crippen molar-refractivity contribution in [3.05, 3.63) is 77.0 Å². The number of esters is 1. The lowest BCUT2D eigenvalue weighted by molar-refractivity contribution is -0.142. The average molecular weight is 362 g/mol. The molecular formula is C22H22N2O3. The van der Waals surface area contributed by atoms with Crippen LogP contribution in [0.4, 0.5) is 0 Å². The minimum absolute atomic E-state index is 0.266. The number of fused-ring (bicyclic) bond motifs is 1. The summed E-state index contributed by atoms with van der Waals surface area (Å²) in [4.78, 5) is 29.2. The molecule has 0 aliphatic heterocycles. The number of amides is 1. The second kappa shape index (κ2) is 7.99. The first-order valence-electron chi connectivity index (χ1n) is 8.78. The van der Waals surface area contributed by atoms with Gasteiger partial charge in [0.1, 0.15) is 11.7 Å². The summed E-state index contributed by atoms with van der Waals surface area (Å²) in [5.41, 5.74) is 4.27. The molecule has 5 heteroatoms. The molecule has 1 amide bonds. The van der Waals surface area contributed by atoms with Gasteiger partial charge in [0.2, 0.25) is 0 Å². The Kier molecular flexibility index (Phi) is 5.50. The zero-order chi connectivity index (χ0) is 19.4. The predicted molar refractivity (Wildman–Crippen MR) is 105 cm³/mol. The topological polar surface area (TPSA) is 68.3 Å². The molecule has 3 rings (SSSR count). The maximum atomic E-state index is 12.6. The fourth-order valence-corrected chi connectivity index (χ4v) is 2.93. The monoisotopic (exact) mass is 362 g/mol. The third kappa shape index (κ3) is 4.31. The van der Waals surface area contributed by atoms with E-state index in [-0.39, 0.29) is 5.69 Å². The Hall–Kier alpha value is -3.21. The van der Waals surface area contributed by atoms with E-state index >= 15 is 0 Å². The number of carbonyl (C=O) groups is 2. The standard InChI is InChI=1S/C22H22N2O3/c1-14-8-9-16(12-15(14)2)13-20(22(26)27-3)24-21(25)19-11-10-17-6-4-5-7-18(17)23-19/h4-12,20H,13H2,1-3H3,(H,24,25)/t20-/m1/s1. The Morgan fingerprint density at radius 2 is 1.81 bits per heavy atom. The molecule has 3 aromatic rings. The van der Waals surface area contributed by atoms with E-state index in [0.29, 0.717) is 6.42 Å². The summed E-state index contributed by atoms with van der Waals surface area (Å²) in [5.74, 6) is -0.887. The zero-order valence-corrected chi connectivity index (χ0v) is 15.7. The van der Waals surface area contributed by atoms with E-state index in [1.165, 1.54) is 12.7 Å². The second-order valence-electron chi connectivity index (χ2n) is 6.56. The molecule has 5 nitrogen and oxygen atoms in total. The summed E-state index contributed by atoms with van der Waals surface area (Å²) in [6.45, 7) is 4.05. The average Bonchev–Trinajstić information content (AvgIpc) is 2.69. The van der Waals surface area contributed by atoms with Crippen molar-refractivity contribution in [1.29, 1.82) is 0 Å². The minimum Gasteiger partial charge on any atom is -0.467 e. The van der Waals surface area contributed by atoms with Crippen LogP contribution in [0.15, 0.2) is 54.6 Å². The van der Waals surface area contributed by atoms with Gasteiger partial charge in [0.15, 0.2) is 0 Å². The SMILES string of the molecule is COC(=O)[C@@H](Cc1ccc(C)c(C)c1)NC(=O)c1ccc2ccccc2n1. The number of hydrogen-bond donors (Lipinski definition) is 1. The number of aromatic nitrogens is 1.